The van der Waals surface area contributed by atoms with Crippen molar-refractivity contribution >= 4 is 11.8 Å². The van der Waals surface area contributed by atoms with E-state index in [1.807, 2.05) is 20.8 Å². The number of nitrogens with zero attached hydrogens (tertiary/aromatic N) is 2. The number of nitrogen functional groups attached to an aromatic ring is 1. The maximum Gasteiger partial charge on any atom is 0.419 e. The summed E-state index contributed by atoms with van der Waals surface area (Å²) in [4.78, 5) is 16.3. The van der Waals surface area contributed by atoms with E-state index in [9.17, 15) is 9.18 Å². The van der Waals surface area contributed by atoms with E-state index in [1.54, 1.807) is 24.5 Å². The Hall–Kier alpha value is -2.37. The van der Waals surface area contributed by atoms with Gasteiger partial charge in [0.1, 0.15) is 17.2 Å². The number of imidazole rings is 1. The summed E-state index contributed by atoms with van der Waals surface area (Å²) >= 11 is 0. The number of anilines is 1. The summed E-state index contributed by atoms with van der Waals surface area (Å²) < 4.78 is 20.5. The molecule has 2 rings (SSSR count). The van der Waals surface area contributed by atoms with Crippen LogP contribution in [0.25, 0.3) is 0 Å². The molecular weight excluding hydrogens is 297 g/mol. The van der Waals surface area contributed by atoms with Gasteiger partial charge in [-0.15, -0.1) is 0 Å². The molecule has 2 aromatic rings. The Bertz CT molecular complexity index is 689. The van der Waals surface area contributed by atoms with Crippen LogP contribution in [-0.2, 0) is 17.6 Å². The highest BCUT2D eigenvalue weighted by Gasteiger charge is 2.19. The SMILES string of the molecule is CC(C)(C)OC(=O)n1ccnc1CCCc1ccc(N)cc1F. The molecule has 1 aromatic carbocycles. The average Bonchev–Trinajstić information content (AvgIpc) is 2.88. The number of rotatable bonds is 4. The van der Waals surface area contributed by atoms with Gasteiger partial charge in [-0.05, 0) is 51.3 Å². The number of halogens is 1. The second kappa shape index (κ2) is 6.81. The van der Waals surface area contributed by atoms with Gasteiger partial charge in [-0.1, -0.05) is 6.07 Å². The molecule has 0 aliphatic rings. The van der Waals surface area contributed by atoms with Crippen LogP contribution in [0.5, 0.6) is 0 Å². The maximum absolute atomic E-state index is 13.7. The second-order valence-corrected chi connectivity index (χ2v) is 6.40. The predicted molar refractivity (Wildman–Crippen MR) is 86.7 cm³/mol. The lowest BCUT2D eigenvalue weighted by atomic mass is 10.1. The largest absolute Gasteiger partial charge is 0.443 e. The van der Waals surface area contributed by atoms with Gasteiger partial charge in [-0.2, -0.15) is 0 Å². The van der Waals surface area contributed by atoms with Crippen LogP contribution in [0.2, 0.25) is 0 Å². The fourth-order valence-corrected chi connectivity index (χ4v) is 2.20. The summed E-state index contributed by atoms with van der Waals surface area (Å²) in [7, 11) is 0. The van der Waals surface area contributed by atoms with Gasteiger partial charge < -0.3 is 10.5 Å². The van der Waals surface area contributed by atoms with Gasteiger partial charge in [0.25, 0.3) is 0 Å². The topological polar surface area (TPSA) is 70.1 Å². The van der Waals surface area contributed by atoms with E-state index >= 15 is 0 Å². The molecule has 124 valence electrons. The lowest BCUT2D eigenvalue weighted by Gasteiger charge is -2.20. The van der Waals surface area contributed by atoms with Crippen molar-refractivity contribution < 1.29 is 13.9 Å². The van der Waals surface area contributed by atoms with Crippen molar-refractivity contribution in [1.82, 2.24) is 9.55 Å². The Morgan fingerprint density at radius 2 is 2.09 bits per heavy atom. The Labute approximate surface area is 135 Å². The van der Waals surface area contributed by atoms with Crippen LogP contribution in [0.4, 0.5) is 14.9 Å². The minimum Gasteiger partial charge on any atom is -0.443 e. The summed E-state index contributed by atoms with van der Waals surface area (Å²) in [5.74, 6) is 0.301. The Morgan fingerprint density at radius 1 is 1.35 bits per heavy atom. The van der Waals surface area contributed by atoms with E-state index in [2.05, 4.69) is 4.98 Å². The molecular formula is C17H22FN3O2. The van der Waals surface area contributed by atoms with E-state index in [1.165, 1.54) is 10.6 Å². The van der Waals surface area contributed by atoms with Gasteiger partial charge in [0.15, 0.2) is 0 Å². The minimum atomic E-state index is -0.564. The Kier molecular flexibility index (Phi) is 5.03. The molecule has 0 atom stereocenters. The number of aryl methyl sites for hydroxylation is 2. The molecule has 0 radical (unpaired) electrons. The molecule has 0 unspecified atom stereocenters. The molecule has 0 fully saturated rings. The molecule has 5 nitrogen and oxygen atoms in total. The second-order valence-electron chi connectivity index (χ2n) is 6.40. The van der Waals surface area contributed by atoms with Crippen molar-refractivity contribution in [2.45, 2.75) is 45.6 Å². The first-order valence-corrected chi connectivity index (χ1v) is 7.56. The summed E-state index contributed by atoms with van der Waals surface area (Å²) in [6.45, 7) is 5.43. The molecule has 0 amide bonds. The number of aromatic nitrogens is 2. The smallest absolute Gasteiger partial charge is 0.419 e. The van der Waals surface area contributed by atoms with Crippen molar-refractivity contribution in [1.29, 1.82) is 0 Å². The van der Waals surface area contributed by atoms with Crippen LogP contribution in [0, 0.1) is 5.82 Å². The molecule has 0 saturated heterocycles. The zero-order valence-corrected chi connectivity index (χ0v) is 13.7. The average molecular weight is 319 g/mol. The first-order chi connectivity index (χ1) is 10.8. The molecule has 0 spiro atoms. The normalized spacial score (nSPS) is 11.5. The Balaban J connectivity index is 1.97. The van der Waals surface area contributed by atoms with Crippen LogP contribution in [0.3, 0.4) is 0 Å². The summed E-state index contributed by atoms with van der Waals surface area (Å²) in [5, 5.41) is 0. The minimum absolute atomic E-state index is 0.305. The number of hydrogen-bond donors (Lipinski definition) is 1. The third-order valence-corrected chi connectivity index (χ3v) is 3.23. The van der Waals surface area contributed by atoms with Gasteiger partial charge in [0, 0.05) is 24.5 Å². The van der Waals surface area contributed by atoms with Crippen molar-refractivity contribution in [3.63, 3.8) is 0 Å². The first kappa shape index (κ1) is 17.0. The highest BCUT2D eigenvalue weighted by molar-refractivity contribution is 5.71. The molecule has 1 aromatic heterocycles. The fourth-order valence-electron chi connectivity index (χ4n) is 2.20. The number of benzene rings is 1. The van der Waals surface area contributed by atoms with Crippen LogP contribution >= 0.6 is 0 Å². The zero-order valence-electron chi connectivity index (χ0n) is 13.7. The lowest BCUT2D eigenvalue weighted by Crippen LogP contribution is -2.27. The number of ether oxygens (including phenoxy) is 1. The highest BCUT2D eigenvalue weighted by atomic mass is 19.1. The quantitative estimate of drug-likeness (QED) is 0.875. The molecule has 2 N–H and O–H groups in total. The summed E-state index contributed by atoms with van der Waals surface area (Å²) in [6, 6.07) is 4.68. The van der Waals surface area contributed by atoms with E-state index in [4.69, 9.17) is 10.5 Å². The monoisotopic (exact) mass is 319 g/mol. The van der Waals surface area contributed by atoms with E-state index in [0.29, 0.717) is 36.3 Å². The van der Waals surface area contributed by atoms with Gasteiger partial charge in [0.05, 0.1) is 0 Å². The standard InChI is InChI=1S/C17H22FN3O2/c1-17(2,3)23-16(22)21-10-9-20-15(21)6-4-5-12-7-8-13(19)11-14(12)18/h7-11H,4-6,19H2,1-3H3. The van der Waals surface area contributed by atoms with Crippen LogP contribution < -0.4 is 5.73 Å². The van der Waals surface area contributed by atoms with Crippen LogP contribution in [0.15, 0.2) is 30.6 Å². The number of nitrogens with two attached hydrogens (primary N) is 1. The fraction of sp³-hybridized carbons (Fsp3) is 0.412. The third kappa shape index (κ3) is 4.81. The molecule has 0 aliphatic heterocycles. The molecule has 0 aliphatic carbocycles. The third-order valence-electron chi connectivity index (χ3n) is 3.23. The summed E-state index contributed by atoms with van der Waals surface area (Å²) in [6.07, 6.45) is 4.45. The zero-order chi connectivity index (χ0) is 17.0. The molecule has 0 saturated carbocycles. The first-order valence-electron chi connectivity index (χ1n) is 7.56. The molecule has 6 heteroatoms. The van der Waals surface area contributed by atoms with E-state index in [0.717, 1.165) is 0 Å². The van der Waals surface area contributed by atoms with E-state index in [-0.39, 0.29) is 5.82 Å². The van der Waals surface area contributed by atoms with E-state index < -0.39 is 11.7 Å². The van der Waals surface area contributed by atoms with Crippen molar-refractivity contribution in [3.8, 4) is 0 Å². The van der Waals surface area contributed by atoms with Crippen molar-refractivity contribution in [2.75, 3.05) is 5.73 Å². The molecule has 23 heavy (non-hydrogen) atoms. The van der Waals surface area contributed by atoms with Gasteiger partial charge >= 0.3 is 6.09 Å². The van der Waals surface area contributed by atoms with Crippen molar-refractivity contribution in [2.24, 2.45) is 0 Å². The molecule has 0 bridgehead atoms. The van der Waals surface area contributed by atoms with Gasteiger partial charge in [-0.25, -0.2) is 18.7 Å². The Morgan fingerprint density at radius 3 is 2.74 bits per heavy atom. The summed E-state index contributed by atoms with van der Waals surface area (Å²) in [5.41, 5.74) is 5.98. The van der Waals surface area contributed by atoms with Gasteiger partial charge in [-0.3, -0.25) is 0 Å². The predicted octanol–water partition coefficient (Wildman–Crippen LogP) is 3.56. The number of carbonyl (C=O) groups is 1. The number of hydrogen-bond acceptors (Lipinski definition) is 4. The number of carbonyl (C=O) groups excluding carboxylic acids is 1. The van der Waals surface area contributed by atoms with Gasteiger partial charge in [0.2, 0.25) is 0 Å². The van der Waals surface area contributed by atoms with Crippen LogP contribution in [-0.4, -0.2) is 21.2 Å². The maximum atomic E-state index is 13.7. The highest BCUT2D eigenvalue weighted by Crippen LogP contribution is 2.15. The lowest BCUT2D eigenvalue weighted by molar-refractivity contribution is 0.0531. The van der Waals surface area contributed by atoms with Crippen molar-refractivity contribution in [3.05, 3.63) is 47.8 Å². The molecule has 1 heterocycles. The van der Waals surface area contributed by atoms with Crippen LogP contribution in [0.1, 0.15) is 38.6 Å².